The van der Waals surface area contributed by atoms with Crippen LogP contribution in [-0.4, -0.2) is 17.0 Å². The van der Waals surface area contributed by atoms with Crippen LogP contribution in [0.2, 0.25) is 0 Å². The molecule has 24 heavy (non-hydrogen) atoms. The molecule has 0 fully saturated rings. The maximum Gasteiger partial charge on any atom is 0.314 e. The minimum Gasteiger partial charge on any atom is -0.481 e. The van der Waals surface area contributed by atoms with Crippen LogP contribution in [0, 0.1) is 5.92 Å². The van der Waals surface area contributed by atoms with Crippen molar-refractivity contribution in [3.8, 4) is 5.75 Å². The van der Waals surface area contributed by atoms with Crippen molar-refractivity contribution in [3.63, 3.8) is 0 Å². The van der Waals surface area contributed by atoms with Crippen molar-refractivity contribution in [1.29, 1.82) is 0 Å². The quantitative estimate of drug-likeness (QED) is 0.463. The summed E-state index contributed by atoms with van der Waals surface area (Å²) in [6, 6.07) is 14.0. The lowest BCUT2D eigenvalue weighted by Crippen LogP contribution is -2.22. The minimum absolute atomic E-state index is 0.0526. The molecule has 0 aliphatic heterocycles. The second-order valence-corrected chi connectivity index (χ2v) is 5.69. The Kier molecular flexibility index (Phi) is 5.95. The summed E-state index contributed by atoms with van der Waals surface area (Å²) in [4.78, 5) is 23.0. The van der Waals surface area contributed by atoms with E-state index in [1.807, 2.05) is 31.2 Å². The van der Waals surface area contributed by atoms with Gasteiger partial charge in [-0.2, -0.15) is 0 Å². The van der Waals surface area contributed by atoms with Crippen molar-refractivity contribution in [2.45, 2.75) is 26.2 Å². The van der Waals surface area contributed by atoms with Crippen LogP contribution in [0.15, 0.2) is 48.5 Å². The van der Waals surface area contributed by atoms with Crippen LogP contribution in [0.25, 0.3) is 0 Å². The number of aliphatic carboxylic acids is 1. The van der Waals surface area contributed by atoms with Gasteiger partial charge in [-0.15, -0.1) is 0 Å². The van der Waals surface area contributed by atoms with Gasteiger partial charge < -0.3 is 15.6 Å². The third kappa shape index (κ3) is 5.12. The summed E-state index contributed by atoms with van der Waals surface area (Å²) in [6.07, 6.45) is 1.20. The topological polar surface area (TPSA) is 89.6 Å². The number of hydrogen-bond acceptors (Lipinski definition) is 4. The van der Waals surface area contributed by atoms with Gasteiger partial charge >= 0.3 is 11.9 Å². The first-order valence-electron chi connectivity index (χ1n) is 7.84. The predicted molar refractivity (Wildman–Crippen MR) is 91.8 cm³/mol. The lowest BCUT2D eigenvalue weighted by molar-refractivity contribution is -0.139. The van der Waals surface area contributed by atoms with E-state index in [9.17, 15) is 9.59 Å². The zero-order valence-electron chi connectivity index (χ0n) is 13.6. The van der Waals surface area contributed by atoms with Gasteiger partial charge in [0.2, 0.25) is 0 Å². The molecular formula is C19H21NO4. The summed E-state index contributed by atoms with van der Waals surface area (Å²) < 4.78 is 5.41. The van der Waals surface area contributed by atoms with E-state index < -0.39 is 5.97 Å². The lowest BCUT2D eigenvalue weighted by Gasteiger charge is -2.14. The SMILES string of the molecule is CCC(Cc1ccc(N)cc1)C(=O)Oc1ccc(CC(=O)O)cc1. The molecule has 0 aliphatic rings. The van der Waals surface area contributed by atoms with Crippen molar-refractivity contribution >= 4 is 17.6 Å². The third-order valence-electron chi connectivity index (χ3n) is 3.79. The Bertz CT molecular complexity index is 692. The van der Waals surface area contributed by atoms with Crippen LogP contribution < -0.4 is 10.5 Å². The standard InChI is InChI=1S/C19H21NO4/c1-2-15(11-13-3-7-16(20)8-4-13)19(23)24-17-9-5-14(6-10-17)12-18(21)22/h3-10,15H,2,11-12,20H2,1H3,(H,21,22). The molecule has 0 saturated carbocycles. The Labute approximate surface area is 141 Å². The third-order valence-corrected chi connectivity index (χ3v) is 3.79. The minimum atomic E-state index is -0.894. The first-order chi connectivity index (χ1) is 11.5. The van der Waals surface area contributed by atoms with Crippen molar-refractivity contribution in [2.24, 2.45) is 5.92 Å². The van der Waals surface area contributed by atoms with Gasteiger partial charge in [0, 0.05) is 5.69 Å². The summed E-state index contributed by atoms with van der Waals surface area (Å²) in [5.74, 6) is -1.01. The van der Waals surface area contributed by atoms with Gasteiger partial charge in [-0.1, -0.05) is 31.2 Å². The maximum atomic E-state index is 12.3. The van der Waals surface area contributed by atoms with E-state index in [1.165, 1.54) is 0 Å². The van der Waals surface area contributed by atoms with Gasteiger partial charge in [0.15, 0.2) is 0 Å². The summed E-state index contributed by atoms with van der Waals surface area (Å²) >= 11 is 0. The maximum absolute atomic E-state index is 12.3. The molecule has 2 aromatic rings. The Balaban J connectivity index is 1.98. The van der Waals surface area contributed by atoms with Crippen molar-refractivity contribution < 1.29 is 19.4 Å². The van der Waals surface area contributed by atoms with E-state index >= 15 is 0 Å². The van der Waals surface area contributed by atoms with Crippen LogP contribution in [0.5, 0.6) is 5.75 Å². The number of benzene rings is 2. The Morgan fingerprint density at radius 1 is 1.04 bits per heavy atom. The highest BCUT2D eigenvalue weighted by Gasteiger charge is 2.19. The summed E-state index contributed by atoms with van der Waals surface area (Å²) in [5.41, 5.74) is 8.05. The normalized spacial score (nSPS) is 11.7. The number of carbonyl (C=O) groups is 2. The number of ether oxygens (including phenoxy) is 1. The summed E-state index contributed by atoms with van der Waals surface area (Å²) in [6.45, 7) is 1.94. The Morgan fingerprint density at radius 2 is 1.62 bits per heavy atom. The van der Waals surface area contributed by atoms with E-state index in [0.29, 0.717) is 29.8 Å². The molecule has 3 N–H and O–H groups in total. The average Bonchev–Trinajstić information content (AvgIpc) is 2.55. The Morgan fingerprint density at radius 3 is 2.17 bits per heavy atom. The Hall–Kier alpha value is -2.82. The number of rotatable bonds is 7. The predicted octanol–water partition coefficient (Wildman–Crippen LogP) is 3.07. The van der Waals surface area contributed by atoms with Crippen LogP contribution in [0.3, 0.4) is 0 Å². The summed E-state index contributed by atoms with van der Waals surface area (Å²) in [5, 5.41) is 8.75. The van der Waals surface area contributed by atoms with Crippen molar-refractivity contribution in [3.05, 3.63) is 59.7 Å². The molecule has 0 bridgehead atoms. The van der Waals surface area contributed by atoms with E-state index in [4.69, 9.17) is 15.6 Å². The van der Waals surface area contributed by atoms with Gasteiger partial charge in [-0.25, -0.2) is 0 Å². The average molecular weight is 327 g/mol. The highest BCUT2D eigenvalue weighted by molar-refractivity contribution is 5.75. The van der Waals surface area contributed by atoms with E-state index in [1.54, 1.807) is 24.3 Å². The van der Waals surface area contributed by atoms with Gasteiger partial charge in [0.25, 0.3) is 0 Å². The fraction of sp³-hybridized carbons (Fsp3) is 0.263. The number of carboxylic acids is 1. The number of nitrogens with two attached hydrogens (primary N) is 1. The number of esters is 1. The number of nitrogen functional groups attached to an aromatic ring is 1. The second kappa shape index (κ2) is 8.15. The number of hydrogen-bond donors (Lipinski definition) is 2. The molecule has 1 atom stereocenters. The molecule has 0 amide bonds. The highest BCUT2D eigenvalue weighted by atomic mass is 16.5. The highest BCUT2D eigenvalue weighted by Crippen LogP contribution is 2.19. The molecule has 0 aliphatic carbocycles. The van der Waals surface area contributed by atoms with E-state index in [0.717, 1.165) is 5.56 Å². The molecule has 5 nitrogen and oxygen atoms in total. The van der Waals surface area contributed by atoms with Crippen LogP contribution in [-0.2, 0) is 22.4 Å². The molecule has 126 valence electrons. The van der Waals surface area contributed by atoms with E-state index in [-0.39, 0.29) is 18.3 Å². The molecule has 0 spiro atoms. The monoisotopic (exact) mass is 327 g/mol. The molecular weight excluding hydrogens is 306 g/mol. The van der Waals surface area contributed by atoms with Crippen molar-refractivity contribution in [1.82, 2.24) is 0 Å². The smallest absolute Gasteiger partial charge is 0.314 e. The van der Waals surface area contributed by atoms with Crippen LogP contribution >= 0.6 is 0 Å². The molecule has 2 aromatic carbocycles. The largest absolute Gasteiger partial charge is 0.481 e. The molecule has 2 rings (SSSR count). The fourth-order valence-electron chi connectivity index (χ4n) is 2.38. The first-order valence-corrected chi connectivity index (χ1v) is 7.84. The van der Waals surface area contributed by atoms with Gasteiger partial charge in [-0.05, 0) is 48.2 Å². The molecule has 0 saturated heterocycles. The van der Waals surface area contributed by atoms with E-state index in [2.05, 4.69) is 0 Å². The number of anilines is 1. The van der Waals surface area contributed by atoms with Crippen LogP contribution in [0.4, 0.5) is 5.69 Å². The molecule has 0 radical (unpaired) electrons. The second-order valence-electron chi connectivity index (χ2n) is 5.69. The lowest BCUT2D eigenvalue weighted by atomic mass is 9.97. The molecule has 5 heteroatoms. The fourth-order valence-corrected chi connectivity index (χ4v) is 2.38. The zero-order valence-corrected chi connectivity index (χ0v) is 13.6. The molecule has 0 aromatic heterocycles. The first kappa shape index (κ1) is 17.5. The van der Waals surface area contributed by atoms with Crippen molar-refractivity contribution in [2.75, 3.05) is 5.73 Å². The number of carbonyl (C=O) groups excluding carboxylic acids is 1. The molecule has 1 unspecified atom stereocenters. The summed E-state index contributed by atoms with van der Waals surface area (Å²) in [7, 11) is 0. The van der Waals surface area contributed by atoms with Crippen LogP contribution in [0.1, 0.15) is 24.5 Å². The van der Waals surface area contributed by atoms with Gasteiger partial charge in [-0.3, -0.25) is 9.59 Å². The molecule has 0 heterocycles. The van der Waals surface area contributed by atoms with Gasteiger partial charge in [0.05, 0.1) is 12.3 Å². The number of carboxylic acid groups (broad SMARTS) is 1. The zero-order chi connectivity index (χ0) is 17.5. The van der Waals surface area contributed by atoms with Gasteiger partial charge in [0.1, 0.15) is 5.75 Å².